The summed E-state index contributed by atoms with van der Waals surface area (Å²) >= 11 is 2.42. The monoisotopic (exact) mass is 392 g/mol. The van der Waals surface area contributed by atoms with Gasteiger partial charge in [-0.15, -0.1) is 0 Å². The van der Waals surface area contributed by atoms with Crippen molar-refractivity contribution in [1.29, 1.82) is 0 Å². The van der Waals surface area contributed by atoms with E-state index in [1.807, 2.05) is 25.1 Å². The molecule has 2 heterocycles. The smallest absolute Gasteiger partial charge is 0.255 e. The van der Waals surface area contributed by atoms with Crippen LogP contribution < -0.4 is 15.6 Å². The molecule has 0 spiro atoms. The standard InChI is InChI=1S/C16H16N4O4S2/c1-3-10(25-16-18-12(21)7-13(22)19-16)14(23)20-15-17-9-5-4-8(24-2)6-11(9)26-15/h4-7,10H,3H2,1-2H3,(H,17,20,23)(H2,18,19,21,22). The Morgan fingerprint density at radius 2 is 2.23 bits per heavy atom. The van der Waals surface area contributed by atoms with Crippen LogP contribution in [0.4, 0.5) is 5.13 Å². The Morgan fingerprint density at radius 1 is 1.42 bits per heavy atom. The number of benzene rings is 1. The van der Waals surface area contributed by atoms with Gasteiger partial charge in [-0.05, 0) is 24.6 Å². The fourth-order valence-electron chi connectivity index (χ4n) is 2.21. The lowest BCUT2D eigenvalue weighted by Crippen LogP contribution is -2.25. The number of anilines is 1. The summed E-state index contributed by atoms with van der Waals surface area (Å²) in [5, 5.41) is 12.4. The number of nitrogens with zero attached hydrogens (tertiary/aromatic N) is 2. The number of methoxy groups -OCH3 is 1. The summed E-state index contributed by atoms with van der Waals surface area (Å²) in [5.41, 5.74) is 0.293. The van der Waals surface area contributed by atoms with Crippen molar-refractivity contribution in [3.05, 3.63) is 34.6 Å². The van der Waals surface area contributed by atoms with E-state index < -0.39 is 10.8 Å². The Kier molecular flexibility index (Phi) is 5.43. The maximum atomic E-state index is 12.5. The Hall–Kier alpha value is -2.59. The first-order valence-corrected chi connectivity index (χ1v) is 9.40. The lowest BCUT2D eigenvalue weighted by atomic mass is 10.3. The summed E-state index contributed by atoms with van der Waals surface area (Å²) in [6.07, 6.45) is 0.509. The first kappa shape index (κ1) is 18.2. The van der Waals surface area contributed by atoms with Crippen LogP contribution >= 0.6 is 23.1 Å². The predicted molar refractivity (Wildman–Crippen MR) is 101 cm³/mol. The SMILES string of the molecule is CCC(Sc1nc(O)cc(=O)[nH]1)C(=O)Nc1nc2ccc(OC)cc2s1. The van der Waals surface area contributed by atoms with E-state index in [4.69, 9.17) is 4.74 Å². The quantitative estimate of drug-likeness (QED) is 0.436. The van der Waals surface area contributed by atoms with Crippen LogP contribution in [-0.4, -0.2) is 38.3 Å². The molecular formula is C16H16N4O4S2. The number of aromatic nitrogens is 3. The van der Waals surface area contributed by atoms with Gasteiger partial charge >= 0.3 is 0 Å². The third-order valence-corrected chi connectivity index (χ3v) is 5.63. The molecule has 0 fully saturated rings. The van der Waals surface area contributed by atoms with Gasteiger partial charge in [0.25, 0.3) is 5.56 Å². The van der Waals surface area contributed by atoms with E-state index in [0.29, 0.717) is 11.6 Å². The van der Waals surface area contributed by atoms with Crippen LogP contribution in [0.25, 0.3) is 10.2 Å². The molecule has 0 aliphatic rings. The van der Waals surface area contributed by atoms with Crippen LogP contribution in [-0.2, 0) is 4.79 Å². The normalized spacial score (nSPS) is 12.1. The average molecular weight is 392 g/mol. The summed E-state index contributed by atoms with van der Waals surface area (Å²) in [6, 6.07) is 6.46. The van der Waals surface area contributed by atoms with Gasteiger partial charge in [0.1, 0.15) is 5.75 Å². The van der Waals surface area contributed by atoms with E-state index >= 15 is 0 Å². The van der Waals surface area contributed by atoms with E-state index in [0.717, 1.165) is 33.8 Å². The molecule has 2 aromatic heterocycles. The van der Waals surface area contributed by atoms with Gasteiger partial charge in [-0.1, -0.05) is 30.0 Å². The van der Waals surface area contributed by atoms with Crippen LogP contribution in [0.5, 0.6) is 11.6 Å². The number of thioether (sulfide) groups is 1. The van der Waals surface area contributed by atoms with Crippen molar-refractivity contribution in [2.75, 3.05) is 12.4 Å². The Bertz CT molecular complexity index is 1000. The molecule has 136 valence electrons. The van der Waals surface area contributed by atoms with Gasteiger partial charge in [-0.2, -0.15) is 4.98 Å². The van der Waals surface area contributed by atoms with Crippen molar-refractivity contribution in [3.8, 4) is 11.6 Å². The lowest BCUT2D eigenvalue weighted by Gasteiger charge is -2.12. The molecule has 1 atom stereocenters. The third kappa shape index (κ3) is 4.14. The van der Waals surface area contributed by atoms with Crippen molar-refractivity contribution >= 4 is 44.4 Å². The van der Waals surface area contributed by atoms with Crippen LogP contribution in [0.15, 0.2) is 34.2 Å². The highest BCUT2D eigenvalue weighted by Gasteiger charge is 2.21. The molecule has 1 unspecified atom stereocenters. The summed E-state index contributed by atoms with van der Waals surface area (Å²) in [5.74, 6) is 0.0843. The number of H-pyrrole nitrogens is 1. The number of carbonyl (C=O) groups excluding carboxylic acids is 1. The largest absolute Gasteiger partial charge is 0.497 e. The number of hydrogen-bond acceptors (Lipinski definition) is 8. The molecule has 8 nitrogen and oxygen atoms in total. The van der Waals surface area contributed by atoms with Crippen LogP contribution in [0.3, 0.4) is 0 Å². The maximum absolute atomic E-state index is 12.5. The van der Waals surface area contributed by atoms with Gasteiger partial charge in [-0.25, -0.2) is 4.98 Å². The number of thiazole rings is 1. The highest BCUT2D eigenvalue weighted by Crippen LogP contribution is 2.30. The molecule has 1 amide bonds. The molecule has 1 aromatic carbocycles. The van der Waals surface area contributed by atoms with Crippen molar-refractivity contribution < 1.29 is 14.6 Å². The second-order valence-electron chi connectivity index (χ2n) is 5.27. The van der Waals surface area contributed by atoms with Crippen LogP contribution in [0.1, 0.15) is 13.3 Å². The van der Waals surface area contributed by atoms with Crippen LogP contribution in [0.2, 0.25) is 0 Å². The molecule has 0 aliphatic heterocycles. The number of rotatable bonds is 6. The number of fused-ring (bicyclic) bond motifs is 1. The molecule has 3 N–H and O–H groups in total. The van der Waals surface area contributed by atoms with E-state index in [-0.39, 0.29) is 16.9 Å². The van der Waals surface area contributed by atoms with Gasteiger partial charge in [-0.3, -0.25) is 9.59 Å². The fraction of sp³-hybridized carbons (Fsp3) is 0.250. The zero-order valence-corrected chi connectivity index (χ0v) is 15.6. The topological polar surface area (TPSA) is 117 Å². The van der Waals surface area contributed by atoms with Crippen molar-refractivity contribution in [1.82, 2.24) is 15.0 Å². The number of aromatic hydroxyl groups is 1. The van der Waals surface area contributed by atoms with Gasteiger partial charge in [0.2, 0.25) is 11.8 Å². The van der Waals surface area contributed by atoms with Gasteiger partial charge in [0.05, 0.1) is 28.6 Å². The third-order valence-electron chi connectivity index (χ3n) is 3.45. The highest BCUT2D eigenvalue weighted by molar-refractivity contribution is 8.00. The maximum Gasteiger partial charge on any atom is 0.255 e. The number of ether oxygens (including phenoxy) is 1. The summed E-state index contributed by atoms with van der Waals surface area (Å²) in [6.45, 7) is 1.85. The average Bonchev–Trinajstić information content (AvgIpc) is 2.99. The molecule has 0 bridgehead atoms. The Morgan fingerprint density at radius 3 is 2.92 bits per heavy atom. The second kappa shape index (κ2) is 7.75. The van der Waals surface area contributed by atoms with Gasteiger partial charge < -0.3 is 20.1 Å². The molecule has 0 radical (unpaired) electrons. The zero-order chi connectivity index (χ0) is 18.7. The highest BCUT2D eigenvalue weighted by atomic mass is 32.2. The fourth-order valence-corrected chi connectivity index (χ4v) is 4.01. The number of aromatic amines is 1. The molecule has 0 aliphatic carbocycles. The molecule has 10 heteroatoms. The summed E-state index contributed by atoms with van der Waals surface area (Å²) in [7, 11) is 1.59. The molecule has 0 saturated heterocycles. The van der Waals surface area contributed by atoms with Crippen molar-refractivity contribution in [3.63, 3.8) is 0 Å². The van der Waals surface area contributed by atoms with Gasteiger partial charge in [0, 0.05) is 0 Å². The van der Waals surface area contributed by atoms with Crippen LogP contribution in [0, 0.1) is 0 Å². The molecule has 3 aromatic rings. The second-order valence-corrected chi connectivity index (χ2v) is 7.49. The van der Waals surface area contributed by atoms with Crippen molar-refractivity contribution in [2.45, 2.75) is 23.8 Å². The first-order valence-electron chi connectivity index (χ1n) is 7.71. The predicted octanol–water partition coefficient (Wildman–Crippen LogP) is 2.60. The molecule has 26 heavy (non-hydrogen) atoms. The molecule has 3 rings (SSSR count). The van der Waals surface area contributed by atoms with E-state index in [9.17, 15) is 14.7 Å². The zero-order valence-electron chi connectivity index (χ0n) is 14.0. The summed E-state index contributed by atoms with van der Waals surface area (Å²) in [4.78, 5) is 34.7. The lowest BCUT2D eigenvalue weighted by molar-refractivity contribution is -0.115. The van der Waals surface area contributed by atoms with E-state index in [2.05, 4.69) is 20.3 Å². The van der Waals surface area contributed by atoms with Crippen molar-refractivity contribution in [2.24, 2.45) is 0 Å². The number of carbonyl (C=O) groups is 1. The number of nitrogens with one attached hydrogen (secondary N) is 2. The minimum atomic E-state index is -0.499. The van der Waals surface area contributed by atoms with Gasteiger partial charge in [0.15, 0.2) is 10.3 Å². The molecular weight excluding hydrogens is 376 g/mol. The number of amides is 1. The number of hydrogen-bond donors (Lipinski definition) is 3. The minimum Gasteiger partial charge on any atom is -0.497 e. The molecule has 0 saturated carbocycles. The Balaban J connectivity index is 1.75. The minimum absolute atomic E-state index is 0.186. The van der Waals surface area contributed by atoms with E-state index in [1.165, 1.54) is 11.3 Å². The Labute approximate surface area is 156 Å². The van der Waals surface area contributed by atoms with E-state index in [1.54, 1.807) is 7.11 Å². The first-order chi connectivity index (χ1) is 12.5. The summed E-state index contributed by atoms with van der Waals surface area (Å²) < 4.78 is 6.09.